The van der Waals surface area contributed by atoms with Crippen molar-refractivity contribution in [3.63, 3.8) is 0 Å². The average Bonchev–Trinajstić information content (AvgIpc) is 3.36. The van der Waals surface area contributed by atoms with Gasteiger partial charge < -0.3 is 20.3 Å². The van der Waals surface area contributed by atoms with E-state index in [4.69, 9.17) is 4.74 Å². The molecule has 1 aromatic heterocycles. The zero-order valence-corrected chi connectivity index (χ0v) is 15.4. The van der Waals surface area contributed by atoms with Crippen LogP contribution in [0.1, 0.15) is 52.9 Å². The number of ether oxygens (including phenoxy) is 1. The number of alkyl carbamates (subject to hydrolysis) is 1. The van der Waals surface area contributed by atoms with Gasteiger partial charge in [-0.05, 0) is 52.9 Å². The van der Waals surface area contributed by atoms with Crippen LogP contribution in [0.2, 0.25) is 0 Å². The molecule has 138 valence electrons. The Morgan fingerprint density at radius 3 is 2.80 bits per heavy atom. The van der Waals surface area contributed by atoms with Crippen LogP contribution in [0.3, 0.4) is 0 Å². The second kappa shape index (κ2) is 7.45. The highest BCUT2D eigenvalue weighted by molar-refractivity contribution is 5.67. The minimum Gasteiger partial charge on any atom is -0.444 e. The van der Waals surface area contributed by atoms with Gasteiger partial charge in [-0.2, -0.15) is 0 Å². The molecule has 1 atom stereocenters. The molecule has 7 heteroatoms. The quantitative estimate of drug-likeness (QED) is 0.852. The molecule has 3 rings (SSSR count). The minimum atomic E-state index is -0.480. The number of carbonyl (C=O) groups excluding carboxylic acids is 1. The van der Waals surface area contributed by atoms with Crippen molar-refractivity contribution in [2.75, 3.05) is 23.3 Å². The van der Waals surface area contributed by atoms with E-state index >= 15 is 0 Å². The molecule has 0 bridgehead atoms. The molecule has 1 saturated carbocycles. The van der Waals surface area contributed by atoms with Crippen molar-refractivity contribution in [3.8, 4) is 0 Å². The van der Waals surface area contributed by atoms with Crippen molar-refractivity contribution < 1.29 is 9.53 Å². The second-order valence-electron chi connectivity index (χ2n) is 7.91. The Kier molecular flexibility index (Phi) is 5.30. The third kappa shape index (κ3) is 5.47. The molecular formula is C18H29N5O2. The van der Waals surface area contributed by atoms with Crippen LogP contribution in [0.25, 0.3) is 0 Å². The van der Waals surface area contributed by atoms with E-state index < -0.39 is 5.60 Å². The maximum atomic E-state index is 11.9. The van der Waals surface area contributed by atoms with Crippen molar-refractivity contribution in [3.05, 3.63) is 12.4 Å². The van der Waals surface area contributed by atoms with Crippen LogP contribution in [0.15, 0.2) is 12.4 Å². The van der Waals surface area contributed by atoms with Crippen LogP contribution in [0, 0.1) is 0 Å². The summed E-state index contributed by atoms with van der Waals surface area (Å²) in [6.45, 7) is 7.11. The SMILES string of the molecule is CC(C)(C)OC(=O)NCC1CCCCN1c1cc(NC2CC2)ncn1. The summed E-state index contributed by atoms with van der Waals surface area (Å²) in [5.41, 5.74) is -0.480. The van der Waals surface area contributed by atoms with E-state index in [0.29, 0.717) is 12.6 Å². The maximum absolute atomic E-state index is 11.9. The molecule has 7 nitrogen and oxygen atoms in total. The highest BCUT2D eigenvalue weighted by atomic mass is 16.6. The van der Waals surface area contributed by atoms with Gasteiger partial charge >= 0.3 is 6.09 Å². The van der Waals surface area contributed by atoms with Gasteiger partial charge in [0.05, 0.1) is 0 Å². The van der Waals surface area contributed by atoms with E-state index in [0.717, 1.165) is 37.4 Å². The second-order valence-corrected chi connectivity index (χ2v) is 7.91. The molecule has 25 heavy (non-hydrogen) atoms. The Balaban J connectivity index is 1.61. The molecular weight excluding hydrogens is 318 g/mol. The fourth-order valence-electron chi connectivity index (χ4n) is 3.05. The van der Waals surface area contributed by atoms with Crippen molar-refractivity contribution in [1.29, 1.82) is 0 Å². The Bertz CT molecular complexity index is 597. The molecule has 0 aromatic carbocycles. The van der Waals surface area contributed by atoms with Crippen molar-refractivity contribution in [2.45, 2.75) is 70.6 Å². The zero-order chi connectivity index (χ0) is 17.9. The highest BCUT2D eigenvalue weighted by Gasteiger charge is 2.26. The Morgan fingerprint density at radius 2 is 2.08 bits per heavy atom. The molecule has 2 heterocycles. The first kappa shape index (κ1) is 17.8. The predicted molar refractivity (Wildman–Crippen MR) is 97.9 cm³/mol. The van der Waals surface area contributed by atoms with Gasteiger partial charge in [0.2, 0.25) is 0 Å². The van der Waals surface area contributed by atoms with E-state index in [1.165, 1.54) is 12.8 Å². The lowest BCUT2D eigenvalue weighted by molar-refractivity contribution is 0.0523. The summed E-state index contributed by atoms with van der Waals surface area (Å²) in [5.74, 6) is 1.81. The van der Waals surface area contributed by atoms with E-state index in [2.05, 4.69) is 25.5 Å². The van der Waals surface area contributed by atoms with Gasteiger partial charge in [-0.1, -0.05) is 0 Å². The fourth-order valence-corrected chi connectivity index (χ4v) is 3.05. The summed E-state index contributed by atoms with van der Waals surface area (Å²) in [6.07, 6.45) is 7.01. The number of rotatable bonds is 5. The van der Waals surface area contributed by atoms with Crippen molar-refractivity contribution in [1.82, 2.24) is 15.3 Å². The highest BCUT2D eigenvalue weighted by Crippen LogP contribution is 2.27. The first-order valence-electron chi connectivity index (χ1n) is 9.23. The molecule has 1 saturated heterocycles. The molecule has 1 amide bonds. The lowest BCUT2D eigenvalue weighted by Crippen LogP contribution is -2.48. The molecule has 1 unspecified atom stereocenters. The molecule has 1 aromatic rings. The van der Waals surface area contributed by atoms with Gasteiger partial charge in [0.1, 0.15) is 23.6 Å². The number of carbonyl (C=O) groups is 1. The molecule has 2 aliphatic rings. The third-order valence-electron chi connectivity index (χ3n) is 4.38. The fraction of sp³-hybridized carbons (Fsp3) is 0.722. The first-order valence-corrected chi connectivity index (χ1v) is 9.23. The summed E-state index contributed by atoms with van der Waals surface area (Å²) < 4.78 is 5.34. The van der Waals surface area contributed by atoms with Crippen LogP contribution in [-0.2, 0) is 4.74 Å². The van der Waals surface area contributed by atoms with E-state index in [1.54, 1.807) is 6.33 Å². The van der Waals surface area contributed by atoms with Gasteiger partial charge in [0.15, 0.2) is 0 Å². The summed E-state index contributed by atoms with van der Waals surface area (Å²) in [4.78, 5) is 23.0. The monoisotopic (exact) mass is 347 g/mol. The Morgan fingerprint density at radius 1 is 1.28 bits per heavy atom. The van der Waals surface area contributed by atoms with E-state index in [1.807, 2.05) is 26.8 Å². The Labute approximate surface area is 149 Å². The van der Waals surface area contributed by atoms with Gasteiger partial charge in [0.25, 0.3) is 0 Å². The van der Waals surface area contributed by atoms with Crippen molar-refractivity contribution >= 4 is 17.7 Å². The van der Waals surface area contributed by atoms with Gasteiger partial charge in [-0.25, -0.2) is 14.8 Å². The van der Waals surface area contributed by atoms with Gasteiger partial charge in [0, 0.05) is 31.2 Å². The zero-order valence-electron chi connectivity index (χ0n) is 15.4. The number of hydrogen-bond donors (Lipinski definition) is 2. The number of hydrogen-bond acceptors (Lipinski definition) is 6. The number of nitrogens with one attached hydrogen (secondary N) is 2. The average molecular weight is 347 g/mol. The number of piperidine rings is 1. The van der Waals surface area contributed by atoms with E-state index in [-0.39, 0.29) is 12.1 Å². The molecule has 1 aliphatic carbocycles. The van der Waals surface area contributed by atoms with E-state index in [9.17, 15) is 4.79 Å². The summed E-state index contributed by atoms with van der Waals surface area (Å²) in [7, 11) is 0. The standard InChI is InChI=1S/C18H29N5O2/c1-18(2,3)25-17(24)19-11-14-6-4-5-9-23(14)16-10-15(20-12-21-16)22-13-7-8-13/h10,12-14H,4-9,11H2,1-3H3,(H,19,24)(H,20,21,22). The number of anilines is 2. The smallest absolute Gasteiger partial charge is 0.407 e. The van der Waals surface area contributed by atoms with Crippen LogP contribution in [0.4, 0.5) is 16.4 Å². The van der Waals surface area contributed by atoms with Gasteiger partial charge in [-0.3, -0.25) is 0 Å². The summed E-state index contributed by atoms with van der Waals surface area (Å²) >= 11 is 0. The predicted octanol–water partition coefficient (Wildman–Crippen LogP) is 2.93. The summed E-state index contributed by atoms with van der Waals surface area (Å²) in [6, 6.07) is 2.81. The number of amides is 1. The lowest BCUT2D eigenvalue weighted by Gasteiger charge is -2.37. The molecule has 1 aliphatic heterocycles. The largest absolute Gasteiger partial charge is 0.444 e. The molecule has 0 radical (unpaired) electrons. The number of nitrogens with zero attached hydrogens (tertiary/aromatic N) is 3. The number of aromatic nitrogens is 2. The molecule has 2 N–H and O–H groups in total. The minimum absolute atomic E-state index is 0.227. The Hall–Kier alpha value is -2.05. The maximum Gasteiger partial charge on any atom is 0.407 e. The molecule has 2 fully saturated rings. The van der Waals surface area contributed by atoms with Crippen molar-refractivity contribution in [2.24, 2.45) is 0 Å². The third-order valence-corrected chi connectivity index (χ3v) is 4.38. The van der Waals surface area contributed by atoms with Crippen LogP contribution >= 0.6 is 0 Å². The summed E-state index contributed by atoms with van der Waals surface area (Å²) in [5, 5.41) is 6.32. The molecule has 0 spiro atoms. The van der Waals surface area contributed by atoms with Crippen LogP contribution in [-0.4, -0.2) is 46.8 Å². The normalized spacial score (nSPS) is 20.9. The first-order chi connectivity index (χ1) is 11.9. The van der Waals surface area contributed by atoms with Gasteiger partial charge in [-0.15, -0.1) is 0 Å². The lowest BCUT2D eigenvalue weighted by atomic mass is 10.0. The topological polar surface area (TPSA) is 79.4 Å². The van der Waals surface area contributed by atoms with Crippen LogP contribution < -0.4 is 15.5 Å². The van der Waals surface area contributed by atoms with Crippen LogP contribution in [0.5, 0.6) is 0 Å².